The molecular weight excluding hydrogens is 332 g/mol. The van der Waals surface area contributed by atoms with Crippen molar-refractivity contribution in [3.05, 3.63) is 64.7 Å². The Hall–Kier alpha value is -3.08. The van der Waals surface area contributed by atoms with Crippen LogP contribution in [0.25, 0.3) is 6.08 Å². The molecular formula is C21H22O5. The van der Waals surface area contributed by atoms with E-state index in [2.05, 4.69) is 0 Å². The van der Waals surface area contributed by atoms with Crippen LogP contribution in [-0.2, 0) is 9.53 Å². The molecule has 0 heterocycles. The van der Waals surface area contributed by atoms with Crippen molar-refractivity contribution >= 4 is 17.8 Å². The highest BCUT2D eigenvalue weighted by Crippen LogP contribution is 2.26. The SMILES string of the molecule is COc1cc(/C=C/C(=O)O[C@@H](C)C(=O)c2cc(C)ccc2C)ccc1O. The van der Waals surface area contributed by atoms with Crippen LogP contribution in [0.2, 0.25) is 0 Å². The number of carbonyl (C=O) groups is 2. The zero-order valence-electron chi connectivity index (χ0n) is 15.3. The van der Waals surface area contributed by atoms with Gasteiger partial charge in [0.05, 0.1) is 7.11 Å². The van der Waals surface area contributed by atoms with E-state index in [0.29, 0.717) is 16.9 Å². The van der Waals surface area contributed by atoms with Crippen molar-refractivity contribution in [3.8, 4) is 11.5 Å². The van der Waals surface area contributed by atoms with Crippen LogP contribution in [0.5, 0.6) is 11.5 Å². The van der Waals surface area contributed by atoms with Gasteiger partial charge in [0.1, 0.15) is 0 Å². The predicted octanol–water partition coefficient (Wildman–Crippen LogP) is 3.85. The molecule has 136 valence electrons. The molecule has 0 amide bonds. The minimum absolute atomic E-state index is 0.0139. The van der Waals surface area contributed by atoms with Gasteiger partial charge in [-0.15, -0.1) is 0 Å². The summed E-state index contributed by atoms with van der Waals surface area (Å²) in [5.41, 5.74) is 3.02. The highest BCUT2D eigenvalue weighted by atomic mass is 16.5. The second-order valence-corrected chi connectivity index (χ2v) is 6.03. The molecule has 0 aliphatic rings. The summed E-state index contributed by atoms with van der Waals surface area (Å²) >= 11 is 0. The molecule has 0 aliphatic carbocycles. The average molecular weight is 354 g/mol. The van der Waals surface area contributed by atoms with Gasteiger partial charge in [-0.25, -0.2) is 4.79 Å². The van der Waals surface area contributed by atoms with E-state index >= 15 is 0 Å². The van der Waals surface area contributed by atoms with E-state index in [1.54, 1.807) is 25.1 Å². The quantitative estimate of drug-likeness (QED) is 0.485. The molecule has 5 heteroatoms. The maximum atomic E-state index is 12.5. The molecule has 0 spiro atoms. The molecule has 0 aromatic heterocycles. The molecule has 0 bridgehead atoms. The number of phenols is 1. The lowest BCUT2D eigenvalue weighted by Gasteiger charge is -2.13. The zero-order chi connectivity index (χ0) is 19.3. The summed E-state index contributed by atoms with van der Waals surface area (Å²) in [7, 11) is 1.44. The Bertz CT molecular complexity index is 851. The molecule has 5 nitrogen and oxygen atoms in total. The van der Waals surface area contributed by atoms with Crippen molar-refractivity contribution in [1.82, 2.24) is 0 Å². The third-order valence-electron chi connectivity index (χ3n) is 3.94. The van der Waals surface area contributed by atoms with Crippen LogP contribution in [0, 0.1) is 13.8 Å². The van der Waals surface area contributed by atoms with E-state index in [1.807, 2.05) is 26.0 Å². The van der Waals surface area contributed by atoms with Gasteiger partial charge in [0.15, 0.2) is 17.6 Å². The van der Waals surface area contributed by atoms with Gasteiger partial charge in [-0.3, -0.25) is 4.79 Å². The number of esters is 1. The standard InChI is InChI=1S/C21H22O5/c1-13-5-6-14(2)17(11-13)21(24)15(3)26-20(23)10-8-16-7-9-18(22)19(12-16)25-4/h5-12,15,22H,1-4H3/b10-8+/t15-/m0/s1. The number of aryl methyl sites for hydroxylation is 2. The van der Waals surface area contributed by atoms with Gasteiger partial charge in [-0.2, -0.15) is 0 Å². The second-order valence-electron chi connectivity index (χ2n) is 6.03. The smallest absolute Gasteiger partial charge is 0.331 e. The lowest BCUT2D eigenvalue weighted by Crippen LogP contribution is -2.24. The van der Waals surface area contributed by atoms with Gasteiger partial charge in [0.2, 0.25) is 5.78 Å². The van der Waals surface area contributed by atoms with E-state index in [0.717, 1.165) is 11.1 Å². The summed E-state index contributed by atoms with van der Waals surface area (Å²) in [6.45, 7) is 5.31. The third kappa shape index (κ3) is 4.72. The first-order chi connectivity index (χ1) is 12.3. The van der Waals surface area contributed by atoms with Crippen LogP contribution >= 0.6 is 0 Å². The van der Waals surface area contributed by atoms with Crippen LogP contribution in [-0.4, -0.2) is 30.1 Å². The fourth-order valence-corrected chi connectivity index (χ4v) is 2.45. The van der Waals surface area contributed by atoms with E-state index < -0.39 is 12.1 Å². The van der Waals surface area contributed by atoms with Gasteiger partial charge in [-0.1, -0.05) is 23.8 Å². The fraction of sp³-hybridized carbons (Fsp3) is 0.238. The molecule has 2 aromatic carbocycles. The van der Waals surface area contributed by atoms with Gasteiger partial charge < -0.3 is 14.6 Å². The minimum Gasteiger partial charge on any atom is -0.504 e. The first-order valence-electron chi connectivity index (χ1n) is 8.19. The van der Waals surface area contributed by atoms with Gasteiger partial charge in [0.25, 0.3) is 0 Å². The Kier molecular flexibility index (Phi) is 6.17. The molecule has 0 saturated carbocycles. The van der Waals surface area contributed by atoms with E-state index in [9.17, 15) is 14.7 Å². The summed E-state index contributed by atoms with van der Waals surface area (Å²) in [6, 6.07) is 10.3. The van der Waals surface area contributed by atoms with Gasteiger partial charge >= 0.3 is 5.97 Å². The van der Waals surface area contributed by atoms with Crippen LogP contribution in [0.15, 0.2) is 42.5 Å². The van der Waals surface area contributed by atoms with Crippen molar-refractivity contribution in [2.75, 3.05) is 7.11 Å². The van der Waals surface area contributed by atoms with Crippen LogP contribution in [0.4, 0.5) is 0 Å². The van der Waals surface area contributed by atoms with Crippen molar-refractivity contribution in [2.45, 2.75) is 26.9 Å². The van der Waals surface area contributed by atoms with E-state index in [-0.39, 0.29) is 11.5 Å². The lowest BCUT2D eigenvalue weighted by molar-refractivity contribution is -0.140. The Labute approximate surface area is 152 Å². The number of methoxy groups -OCH3 is 1. The zero-order valence-corrected chi connectivity index (χ0v) is 15.3. The molecule has 0 aliphatic heterocycles. The highest BCUT2D eigenvalue weighted by molar-refractivity contribution is 6.02. The number of Topliss-reactive ketones (excluding diaryl/α,β-unsaturated/α-hetero) is 1. The monoisotopic (exact) mass is 354 g/mol. The molecule has 0 fully saturated rings. The number of phenolic OH excluding ortho intramolecular Hbond substituents is 1. The number of rotatable bonds is 6. The number of hydrogen-bond donors (Lipinski definition) is 1. The van der Waals surface area contributed by atoms with E-state index in [1.165, 1.54) is 25.3 Å². The summed E-state index contributed by atoms with van der Waals surface area (Å²) in [6.07, 6.45) is 1.87. The number of benzene rings is 2. The molecule has 1 atom stereocenters. The summed E-state index contributed by atoms with van der Waals surface area (Å²) < 4.78 is 10.2. The molecule has 0 unspecified atom stereocenters. The first-order valence-corrected chi connectivity index (χ1v) is 8.19. The second kappa shape index (κ2) is 8.34. The maximum absolute atomic E-state index is 12.5. The fourth-order valence-electron chi connectivity index (χ4n) is 2.45. The molecule has 1 N–H and O–H groups in total. The largest absolute Gasteiger partial charge is 0.504 e. The number of hydrogen-bond acceptors (Lipinski definition) is 5. The summed E-state index contributed by atoms with van der Waals surface area (Å²) in [5.74, 6) is -0.540. The highest BCUT2D eigenvalue weighted by Gasteiger charge is 2.20. The van der Waals surface area contributed by atoms with E-state index in [4.69, 9.17) is 9.47 Å². The van der Waals surface area contributed by atoms with Crippen molar-refractivity contribution in [2.24, 2.45) is 0 Å². The minimum atomic E-state index is -0.887. The first kappa shape index (κ1) is 19.2. The number of ketones is 1. The van der Waals surface area contributed by atoms with Crippen molar-refractivity contribution in [3.63, 3.8) is 0 Å². The van der Waals surface area contributed by atoms with Crippen molar-refractivity contribution in [1.29, 1.82) is 0 Å². The molecule has 2 rings (SSSR count). The van der Waals surface area contributed by atoms with Gasteiger partial charge in [0, 0.05) is 11.6 Å². The average Bonchev–Trinajstić information content (AvgIpc) is 2.62. The van der Waals surface area contributed by atoms with Gasteiger partial charge in [-0.05, 0) is 56.2 Å². The number of aromatic hydroxyl groups is 1. The van der Waals surface area contributed by atoms with Crippen LogP contribution < -0.4 is 4.74 Å². The Morgan fingerprint density at radius 1 is 1.12 bits per heavy atom. The Morgan fingerprint density at radius 2 is 1.85 bits per heavy atom. The van der Waals surface area contributed by atoms with Crippen molar-refractivity contribution < 1.29 is 24.2 Å². The number of ether oxygens (including phenoxy) is 2. The Morgan fingerprint density at radius 3 is 2.54 bits per heavy atom. The molecule has 2 aromatic rings. The summed E-state index contributed by atoms with van der Waals surface area (Å²) in [4.78, 5) is 24.5. The predicted molar refractivity (Wildman–Crippen MR) is 99.5 cm³/mol. The van der Waals surface area contributed by atoms with Crippen LogP contribution in [0.3, 0.4) is 0 Å². The molecule has 0 saturated heterocycles. The normalized spacial score (nSPS) is 12.0. The Balaban J connectivity index is 2.04. The van der Waals surface area contributed by atoms with Crippen LogP contribution in [0.1, 0.15) is 34.0 Å². The third-order valence-corrected chi connectivity index (χ3v) is 3.94. The molecule has 0 radical (unpaired) electrons. The molecule has 26 heavy (non-hydrogen) atoms. The summed E-state index contributed by atoms with van der Waals surface area (Å²) in [5, 5.41) is 9.56. The topological polar surface area (TPSA) is 72.8 Å². The maximum Gasteiger partial charge on any atom is 0.331 e. The number of carbonyl (C=O) groups excluding carboxylic acids is 2. The lowest BCUT2D eigenvalue weighted by atomic mass is 9.99.